The molecule has 12 nitrogen and oxygen atoms in total. The molecule has 0 bridgehead atoms. The number of benzene rings is 6. The highest BCUT2D eigenvalue weighted by atomic mass is 32.2. The van der Waals surface area contributed by atoms with E-state index in [2.05, 4.69) is 121 Å². The lowest BCUT2D eigenvalue weighted by atomic mass is 9.70. The topological polar surface area (TPSA) is 217 Å². The summed E-state index contributed by atoms with van der Waals surface area (Å²) in [5.41, 5.74) is 15.1. The van der Waals surface area contributed by atoms with E-state index >= 15 is 0 Å². The van der Waals surface area contributed by atoms with E-state index in [0.29, 0.717) is 51.4 Å². The molecule has 6 aromatic carbocycles. The molecule has 0 aromatic heterocycles. The molecule has 0 aliphatic heterocycles. The van der Waals surface area contributed by atoms with Crippen molar-refractivity contribution in [2.75, 3.05) is 23.0 Å². The van der Waals surface area contributed by atoms with Crippen LogP contribution < -0.4 is 0 Å². The minimum absolute atomic E-state index is 0.229. The zero-order valence-electron chi connectivity index (χ0n) is 40.5. The minimum atomic E-state index is -4.20. The third-order valence-corrected chi connectivity index (χ3v) is 18.1. The summed E-state index contributed by atoms with van der Waals surface area (Å²) in [5.74, 6) is -1.50. The Kier molecular flexibility index (Phi) is 15.6. The van der Waals surface area contributed by atoms with Gasteiger partial charge in [0.05, 0.1) is 23.0 Å². The first-order valence-electron chi connectivity index (χ1n) is 24.5. The van der Waals surface area contributed by atoms with Gasteiger partial charge < -0.3 is 0 Å². The van der Waals surface area contributed by atoms with Crippen LogP contribution in [0.1, 0.15) is 110 Å². The smallest absolute Gasteiger partial charge is 0.264 e. The highest BCUT2D eigenvalue weighted by Crippen LogP contribution is 2.57. The largest absolute Gasteiger partial charge is 0.286 e. The van der Waals surface area contributed by atoms with Crippen molar-refractivity contribution in [2.45, 2.75) is 102 Å². The van der Waals surface area contributed by atoms with Gasteiger partial charge in [0.25, 0.3) is 40.5 Å². The van der Waals surface area contributed by atoms with Gasteiger partial charge in [0, 0.05) is 10.8 Å². The molecule has 2 aliphatic carbocycles. The molecule has 0 spiro atoms. The van der Waals surface area contributed by atoms with Crippen molar-refractivity contribution >= 4 is 40.5 Å². The summed E-state index contributed by atoms with van der Waals surface area (Å²) in [6.07, 6.45) is 5.01. The first kappa shape index (κ1) is 53.3. The fraction of sp³-hybridized carbons (Fsp3) is 0.357. The Balaban J connectivity index is 1.17. The molecule has 72 heavy (non-hydrogen) atoms. The molecular weight excluding hydrogens is 993 g/mol. The number of hydrogen-bond donors (Lipinski definition) is 4. The molecule has 0 unspecified atom stereocenters. The molecule has 8 rings (SSSR count). The van der Waals surface area contributed by atoms with Gasteiger partial charge in [-0.15, -0.1) is 0 Å². The van der Waals surface area contributed by atoms with Gasteiger partial charge >= 0.3 is 0 Å². The van der Waals surface area contributed by atoms with Gasteiger partial charge in [0.1, 0.15) is 0 Å². The summed E-state index contributed by atoms with van der Waals surface area (Å²) in [7, 11) is -16.7. The molecule has 382 valence electrons. The van der Waals surface area contributed by atoms with E-state index in [1.165, 1.54) is 0 Å². The first-order valence-corrected chi connectivity index (χ1v) is 30.9. The third kappa shape index (κ3) is 12.3. The van der Waals surface area contributed by atoms with Crippen molar-refractivity contribution in [1.82, 2.24) is 0 Å². The van der Waals surface area contributed by atoms with Gasteiger partial charge in [0.2, 0.25) is 0 Å². The fourth-order valence-corrected chi connectivity index (χ4v) is 13.7. The minimum Gasteiger partial charge on any atom is -0.286 e. The van der Waals surface area contributed by atoms with Crippen molar-refractivity contribution in [2.24, 2.45) is 0 Å². The van der Waals surface area contributed by atoms with Crippen molar-refractivity contribution in [1.29, 1.82) is 0 Å². The van der Waals surface area contributed by atoms with E-state index in [0.717, 1.165) is 89.0 Å². The van der Waals surface area contributed by atoms with E-state index < -0.39 is 51.3 Å². The lowest BCUT2D eigenvalue weighted by Gasteiger charge is -2.33. The van der Waals surface area contributed by atoms with Gasteiger partial charge in [-0.1, -0.05) is 140 Å². The predicted molar refractivity (Wildman–Crippen MR) is 286 cm³/mol. The second-order valence-corrected chi connectivity index (χ2v) is 26.2. The average Bonchev–Trinajstić information content (AvgIpc) is 3.73. The van der Waals surface area contributed by atoms with Crippen LogP contribution in [0.25, 0.3) is 55.6 Å². The van der Waals surface area contributed by atoms with Crippen LogP contribution in [0, 0.1) is 13.8 Å². The second kappa shape index (κ2) is 21.1. The van der Waals surface area contributed by atoms with Gasteiger partial charge in [-0.2, -0.15) is 33.7 Å². The molecule has 0 saturated carbocycles. The van der Waals surface area contributed by atoms with Crippen molar-refractivity contribution in [3.05, 3.63) is 155 Å². The fourth-order valence-electron chi connectivity index (χ4n) is 11.4. The van der Waals surface area contributed by atoms with E-state index in [1.807, 2.05) is 13.8 Å². The molecule has 2 aliphatic rings. The Labute approximate surface area is 425 Å². The number of rotatable bonds is 23. The molecule has 0 fully saturated rings. The van der Waals surface area contributed by atoms with Crippen LogP contribution in [0.4, 0.5) is 0 Å². The quantitative estimate of drug-likeness (QED) is 0.0348. The van der Waals surface area contributed by atoms with Crippen LogP contribution in [-0.2, 0) is 51.3 Å². The molecule has 0 saturated heterocycles. The highest BCUT2D eigenvalue weighted by molar-refractivity contribution is 7.86. The number of unbranched alkanes of at least 4 members (excludes halogenated alkanes) is 4. The Morgan fingerprint density at radius 2 is 0.542 bits per heavy atom. The Bertz CT molecular complexity index is 3360. The zero-order chi connectivity index (χ0) is 51.7. The van der Waals surface area contributed by atoms with Crippen molar-refractivity contribution < 1.29 is 51.9 Å². The summed E-state index contributed by atoms with van der Waals surface area (Å²) in [6.45, 7) is 4.05. The zero-order valence-corrected chi connectivity index (χ0v) is 43.8. The standard InChI is InChI=1S/C56H62O12S4/c1-39-11-14-41(15-12-39)44-20-25-49-50-26-22-46(38-54(50)56(53(49)36-44,29-5-9-33-71(63,64)65)30-6-10-34-72(66,67)68)43-18-16-42(17-19-43)45-21-24-48-47-23-13-40(2)35-51(47)55(52(48)37-45,27-3-7-31-69(57,58)59)28-4-8-32-70(60,61)62/h11-26,35-38H,3-10,27-34H2,1-2H3,(H,57,58,59)(H,60,61,62)(H,63,64,65)(H,66,67,68). The van der Waals surface area contributed by atoms with Gasteiger partial charge in [-0.05, 0) is 161 Å². The van der Waals surface area contributed by atoms with Crippen LogP contribution in [0.3, 0.4) is 0 Å². The predicted octanol–water partition coefficient (Wildman–Crippen LogP) is 12.1. The molecule has 4 N–H and O–H groups in total. The number of fused-ring (bicyclic) bond motifs is 6. The molecule has 6 aromatic rings. The average molecular weight is 1060 g/mol. The van der Waals surface area contributed by atoms with E-state index in [-0.39, 0.29) is 48.7 Å². The number of hydrogen-bond acceptors (Lipinski definition) is 8. The third-order valence-electron chi connectivity index (χ3n) is 14.8. The van der Waals surface area contributed by atoms with E-state index in [9.17, 15) is 51.9 Å². The van der Waals surface area contributed by atoms with Crippen LogP contribution >= 0.6 is 0 Å². The van der Waals surface area contributed by atoms with Gasteiger partial charge in [-0.25, -0.2) is 0 Å². The van der Waals surface area contributed by atoms with Crippen LogP contribution in [-0.4, -0.2) is 74.9 Å². The maximum atomic E-state index is 11.9. The number of aryl methyl sites for hydroxylation is 2. The van der Waals surface area contributed by atoms with E-state index in [4.69, 9.17) is 0 Å². The Hall–Kier alpha value is -5.04. The molecule has 0 radical (unpaired) electrons. The monoisotopic (exact) mass is 1050 g/mol. The summed E-state index contributed by atoms with van der Waals surface area (Å²) in [4.78, 5) is 0. The lowest BCUT2D eigenvalue weighted by Crippen LogP contribution is -2.26. The van der Waals surface area contributed by atoms with Crippen molar-refractivity contribution in [3.8, 4) is 55.6 Å². The molecule has 0 atom stereocenters. The maximum Gasteiger partial charge on any atom is 0.264 e. The Morgan fingerprint density at radius 1 is 0.306 bits per heavy atom. The lowest BCUT2D eigenvalue weighted by molar-refractivity contribution is 0.409. The van der Waals surface area contributed by atoms with Crippen LogP contribution in [0.5, 0.6) is 0 Å². The van der Waals surface area contributed by atoms with Crippen molar-refractivity contribution in [3.63, 3.8) is 0 Å². The summed E-state index contributed by atoms with van der Waals surface area (Å²) in [6, 6.07) is 42.0. The molecule has 0 amide bonds. The van der Waals surface area contributed by atoms with Crippen LogP contribution in [0.15, 0.2) is 121 Å². The second-order valence-electron chi connectivity index (χ2n) is 19.9. The molecule has 0 heterocycles. The summed E-state index contributed by atoms with van der Waals surface area (Å²) < 4.78 is 133. The summed E-state index contributed by atoms with van der Waals surface area (Å²) >= 11 is 0. The molecule has 16 heteroatoms. The maximum absolute atomic E-state index is 11.9. The summed E-state index contributed by atoms with van der Waals surface area (Å²) in [5, 5.41) is 0. The van der Waals surface area contributed by atoms with Gasteiger partial charge in [-0.3, -0.25) is 18.2 Å². The Morgan fingerprint density at radius 3 is 0.833 bits per heavy atom. The SMILES string of the molecule is Cc1ccc(-c2ccc3c(c2)C(CCCCS(=O)(=O)O)(CCCCS(=O)(=O)O)c2cc(-c4ccc(-c5ccc6c(c5)C(CCCCS(=O)(=O)O)(CCCCS(=O)(=O)O)c5cc(C)ccc5-6)cc4)ccc2-3)cc1. The van der Waals surface area contributed by atoms with E-state index in [1.54, 1.807) is 0 Å². The highest BCUT2D eigenvalue weighted by Gasteiger charge is 2.44. The first-order chi connectivity index (χ1) is 33.9. The van der Waals surface area contributed by atoms with Crippen LogP contribution in [0.2, 0.25) is 0 Å². The molecular formula is C56H62O12S4. The normalized spacial score (nSPS) is 14.7. The van der Waals surface area contributed by atoms with Gasteiger partial charge in [0.15, 0.2) is 0 Å².